The van der Waals surface area contributed by atoms with Crippen molar-refractivity contribution in [2.75, 3.05) is 0 Å². The largest absolute Gasteiger partial charge is 0.390 e. The summed E-state index contributed by atoms with van der Waals surface area (Å²) < 4.78 is 0. The first kappa shape index (κ1) is 14.1. The van der Waals surface area contributed by atoms with E-state index in [4.69, 9.17) is 0 Å². The molecule has 0 atom stereocenters. The first-order valence-electron chi connectivity index (χ1n) is 7.63. The Balaban J connectivity index is 1.83. The van der Waals surface area contributed by atoms with E-state index < -0.39 is 11.2 Å². The van der Waals surface area contributed by atoms with Gasteiger partial charge in [-0.3, -0.25) is 0 Å². The molecule has 0 saturated heterocycles. The Morgan fingerprint density at radius 3 is 1.39 bits per heavy atom. The summed E-state index contributed by atoms with van der Waals surface area (Å²) in [5, 5.41) is 21.0. The Labute approximate surface area is 111 Å². The van der Waals surface area contributed by atoms with Gasteiger partial charge in [0.2, 0.25) is 0 Å². The van der Waals surface area contributed by atoms with Gasteiger partial charge in [-0.05, 0) is 38.5 Å². The quantitative estimate of drug-likeness (QED) is 0.749. The van der Waals surface area contributed by atoms with Crippen LogP contribution < -0.4 is 0 Å². The van der Waals surface area contributed by atoms with E-state index in [9.17, 15) is 10.2 Å². The lowest BCUT2D eigenvalue weighted by atomic mass is 9.76. The van der Waals surface area contributed by atoms with E-state index in [0.29, 0.717) is 12.8 Å². The van der Waals surface area contributed by atoms with E-state index >= 15 is 0 Å². The fourth-order valence-electron chi connectivity index (χ4n) is 3.77. The molecule has 0 aromatic carbocycles. The van der Waals surface area contributed by atoms with Crippen LogP contribution in [0.15, 0.2) is 12.2 Å². The van der Waals surface area contributed by atoms with Gasteiger partial charge in [-0.25, -0.2) is 0 Å². The van der Waals surface area contributed by atoms with E-state index in [1.807, 2.05) is 0 Å². The van der Waals surface area contributed by atoms with Crippen LogP contribution in [0.25, 0.3) is 0 Å². The fraction of sp³-hybridized carbons (Fsp3) is 0.875. The van der Waals surface area contributed by atoms with E-state index in [0.717, 1.165) is 56.9 Å². The molecule has 0 amide bonds. The van der Waals surface area contributed by atoms with Crippen LogP contribution in [-0.2, 0) is 0 Å². The third kappa shape index (κ3) is 3.83. The zero-order valence-electron chi connectivity index (χ0n) is 11.6. The molecule has 18 heavy (non-hydrogen) atoms. The van der Waals surface area contributed by atoms with Crippen molar-refractivity contribution in [1.29, 1.82) is 0 Å². The number of hydrogen-bond acceptors (Lipinski definition) is 2. The highest BCUT2D eigenvalue weighted by atomic mass is 16.3. The summed E-state index contributed by atoms with van der Waals surface area (Å²) in [6.45, 7) is 4.11. The molecule has 2 aliphatic rings. The molecule has 2 aliphatic carbocycles. The van der Waals surface area contributed by atoms with E-state index in [1.165, 1.54) is 12.8 Å². The first-order valence-corrected chi connectivity index (χ1v) is 7.63. The monoisotopic (exact) mass is 252 g/mol. The maximum Gasteiger partial charge on any atom is 0.0684 e. The summed E-state index contributed by atoms with van der Waals surface area (Å²) in [5.74, 6) is 0. The van der Waals surface area contributed by atoms with Crippen LogP contribution in [0.2, 0.25) is 0 Å². The minimum Gasteiger partial charge on any atom is -0.390 e. The third-order valence-corrected chi connectivity index (χ3v) is 4.73. The van der Waals surface area contributed by atoms with Gasteiger partial charge in [-0.2, -0.15) is 0 Å². The molecule has 0 radical (unpaired) electrons. The van der Waals surface area contributed by atoms with E-state index in [1.54, 1.807) is 0 Å². The van der Waals surface area contributed by atoms with Gasteiger partial charge in [-0.1, -0.05) is 50.7 Å². The van der Waals surface area contributed by atoms with Gasteiger partial charge in [0.15, 0.2) is 0 Å². The highest BCUT2D eigenvalue weighted by Gasteiger charge is 2.34. The lowest BCUT2D eigenvalue weighted by molar-refractivity contribution is -0.0123. The topological polar surface area (TPSA) is 40.5 Å². The van der Waals surface area contributed by atoms with Crippen molar-refractivity contribution in [1.82, 2.24) is 0 Å². The van der Waals surface area contributed by atoms with E-state index in [-0.39, 0.29) is 0 Å². The predicted molar refractivity (Wildman–Crippen MR) is 74.4 cm³/mol. The number of aliphatic hydroxyl groups is 2. The van der Waals surface area contributed by atoms with Crippen LogP contribution in [0, 0.1) is 0 Å². The second kappa shape index (κ2) is 5.75. The molecule has 0 unspecified atom stereocenters. The molecule has 2 fully saturated rings. The molecule has 2 heteroatoms. The Bertz CT molecular complexity index is 255. The van der Waals surface area contributed by atoms with Crippen LogP contribution in [0.4, 0.5) is 0 Å². The summed E-state index contributed by atoms with van der Waals surface area (Å²) in [6.07, 6.45) is 12.0. The van der Waals surface area contributed by atoms with Crippen molar-refractivity contribution >= 4 is 0 Å². The van der Waals surface area contributed by atoms with E-state index in [2.05, 4.69) is 6.58 Å². The van der Waals surface area contributed by atoms with Gasteiger partial charge in [0.1, 0.15) is 0 Å². The molecule has 2 rings (SSSR count). The fourth-order valence-corrected chi connectivity index (χ4v) is 3.77. The second-order valence-electron chi connectivity index (χ2n) is 6.67. The van der Waals surface area contributed by atoms with Crippen molar-refractivity contribution in [3.05, 3.63) is 12.2 Å². The summed E-state index contributed by atoms with van der Waals surface area (Å²) in [6, 6.07) is 0. The lowest BCUT2D eigenvalue weighted by Crippen LogP contribution is -2.35. The molecule has 2 nitrogen and oxygen atoms in total. The molecular formula is C16H28O2. The van der Waals surface area contributed by atoms with Crippen LogP contribution in [0.3, 0.4) is 0 Å². The Morgan fingerprint density at radius 1 is 0.722 bits per heavy atom. The molecule has 2 saturated carbocycles. The SMILES string of the molecule is C=C(CC1(O)CCCCC1)CC1(O)CCCCC1. The summed E-state index contributed by atoms with van der Waals surface area (Å²) in [7, 11) is 0. The van der Waals surface area contributed by atoms with Gasteiger partial charge < -0.3 is 10.2 Å². The first-order chi connectivity index (χ1) is 8.52. The molecule has 2 N–H and O–H groups in total. The Kier molecular flexibility index (Phi) is 4.50. The molecule has 104 valence electrons. The minimum atomic E-state index is -0.527. The highest BCUT2D eigenvalue weighted by Crippen LogP contribution is 2.38. The highest BCUT2D eigenvalue weighted by molar-refractivity contribution is 5.07. The van der Waals surface area contributed by atoms with Crippen LogP contribution in [0.1, 0.15) is 77.0 Å². The third-order valence-electron chi connectivity index (χ3n) is 4.73. The Morgan fingerprint density at radius 2 is 1.06 bits per heavy atom. The zero-order chi connectivity index (χ0) is 13.1. The molecule has 0 bridgehead atoms. The van der Waals surface area contributed by atoms with Gasteiger partial charge in [0.25, 0.3) is 0 Å². The van der Waals surface area contributed by atoms with Crippen molar-refractivity contribution in [2.24, 2.45) is 0 Å². The summed E-state index contributed by atoms with van der Waals surface area (Å²) >= 11 is 0. The van der Waals surface area contributed by atoms with Gasteiger partial charge >= 0.3 is 0 Å². The zero-order valence-corrected chi connectivity index (χ0v) is 11.6. The second-order valence-corrected chi connectivity index (χ2v) is 6.67. The van der Waals surface area contributed by atoms with Crippen molar-refractivity contribution in [3.63, 3.8) is 0 Å². The molecule has 0 spiro atoms. The molecule has 0 aromatic rings. The van der Waals surface area contributed by atoms with Crippen molar-refractivity contribution < 1.29 is 10.2 Å². The molecule has 0 heterocycles. The van der Waals surface area contributed by atoms with Crippen LogP contribution in [0.5, 0.6) is 0 Å². The van der Waals surface area contributed by atoms with Gasteiger partial charge in [0.05, 0.1) is 11.2 Å². The minimum absolute atomic E-state index is 0.527. The molecule has 0 aliphatic heterocycles. The number of hydrogen-bond donors (Lipinski definition) is 2. The predicted octanol–water partition coefficient (Wildman–Crippen LogP) is 3.71. The lowest BCUT2D eigenvalue weighted by Gasteiger charge is -2.36. The maximum absolute atomic E-state index is 10.5. The smallest absolute Gasteiger partial charge is 0.0684 e. The van der Waals surface area contributed by atoms with Gasteiger partial charge in [0, 0.05) is 0 Å². The average molecular weight is 252 g/mol. The normalized spacial score (nSPS) is 26.8. The van der Waals surface area contributed by atoms with Crippen molar-refractivity contribution in [3.8, 4) is 0 Å². The Hall–Kier alpha value is -0.340. The molecular weight excluding hydrogens is 224 g/mol. The standard InChI is InChI=1S/C16H28O2/c1-14(12-15(17)8-4-2-5-9-15)13-16(18)10-6-3-7-11-16/h17-18H,1-13H2. The summed E-state index contributed by atoms with van der Waals surface area (Å²) in [5.41, 5.74) is -0.00966. The average Bonchev–Trinajstić information content (AvgIpc) is 2.29. The number of rotatable bonds is 4. The van der Waals surface area contributed by atoms with Crippen molar-refractivity contribution in [2.45, 2.75) is 88.3 Å². The summed E-state index contributed by atoms with van der Waals surface area (Å²) in [4.78, 5) is 0. The van der Waals surface area contributed by atoms with Crippen LogP contribution in [-0.4, -0.2) is 21.4 Å². The van der Waals surface area contributed by atoms with Crippen LogP contribution >= 0.6 is 0 Å². The maximum atomic E-state index is 10.5. The van der Waals surface area contributed by atoms with Gasteiger partial charge in [-0.15, -0.1) is 0 Å². The molecule has 0 aromatic heterocycles.